The van der Waals surface area contributed by atoms with Crippen molar-refractivity contribution in [3.05, 3.63) is 29.3 Å². The summed E-state index contributed by atoms with van der Waals surface area (Å²) >= 11 is 1.38. The molecule has 0 unspecified atom stereocenters. The molecular formula is C10H8N4S. The van der Waals surface area contributed by atoms with Gasteiger partial charge in [0.25, 0.3) is 0 Å². The van der Waals surface area contributed by atoms with Crippen LogP contribution in [0.4, 0.5) is 11.5 Å². The molecule has 0 aliphatic rings. The van der Waals surface area contributed by atoms with E-state index in [9.17, 15) is 0 Å². The fourth-order valence-electron chi connectivity index (χ4n) is 1.25. The molecule has 2 aromatic heterocycles. The molecule has 0 saturated heterocycles. The summed E-state index contributed by atoms with van der Waals surface area (Å²) in [5.41, 5.74) is 12.7. The Labute approximate surface area is 90.8 Å². The molecule has 74 valence electrons. The predicted octanol–water partition coefficient (Wildman–Crippen LogP) is 1.85. The molecule has 4 N–H and O–H groups in total. The highest BCUT2D eigenvalue weighted by atomic mass is 32.1. The number of hydrogen-bond acceptors (Lipinski definition) is 5. The van der Waals surface area contributed by atoms with E-state index in [2.05, 4.69) is 11.1 Å². The summed E-state index contributed by atoms with van der Waals surface area (Å²) in [6, 6.07) is 7.49. The molecule has 0 atom stereocenters. The van der Waals surface area contributed by atoms with Gasteiger partial charge in [0, 0.05) is 16.6 Å². The van der Waals surface area contributed by atoms with Crippen LogP contribution in [0.2, 0.25) is 0 Å². The van der Waals surface area contributed by atoms with Gasteiger partial charge in [0.05, 0.1) is 5.69 Å². The average Bonchev–Trinajstić information content (AvgIpc) is 2.70. The summed E-state index contributed by atoms with van der Waals surface area (Å²) in [6.45, 7) is 0. The number of nitrogens with two attached hydrogens (primary N) is 2. The van der Waals surface area contributed by atoms with Gasteiger partial charge >= 0.3 is 0 Å². The lowest BCUT2D eigenvalue weighted by Gasteiger charge is -2.04. The number of pyridine rings is 1. The van der Waals surface area contributed by atoms with Crippen LogP contribution in [0, 0.1) is 11.3 Å². The number of aromatic nitrogens is 1. The van der Waals surface area contributed by atoms with E-state index < -0.39 is 0 Å². The molecule has 0 amide bonds. The molecule has 2 rings (SSSR count). The summed E-state index contributed by atoms with van der Waals surface area (Å²) in [5, 5.41) is 8.71. The van der Waals surface area contributed by atoms with Gasteiger partial charge in [-0.1, -0.05) is 0 Å². The van der Waals surface area contributed by atoms with E-state index >= 15 is 0 Å². The number of thiophene rings is 1. The zero-order chi connectivity index (χ0) is 10.8. The first kappa shape index (κ1) is 9.49. The third kappa shape index (κ3) is 1.63. The third-order valence-corrected chi connectivity index (χ3v) is 3.03. The van der Waals surface area contributed by atoms with Crippen molar-refractivity contribution in [2.45, 2.75) is 0 Å². The fraction of sp³-hybridized carbons (Fsp3) is 0. The van der Waals surface area contributed by atoms with Crippen LogP contribution >= 0.6 is 11.3 Å². The lowest BCUT2D eigenvalue weighted by atomic mass is 10.2. The number of nitrogens with zero attached hydrogens (tertiary/aromatic N) is 2. The molecule has 0 spiro atoms. The van der Waals surface area contributed by atoms with Crippen LogP contribution in [0.3, 0.4) is 0 Å². The molecule has 0 saturated carbocycles. The van der Waals surface area contributed by atoms with Crippen LogP contribution < -0.4 is 11.5 Å². The molecule has 0 aliphatic carbocycles. The number of nitriles is 1. The van der Waals surface area contributed by atoms with E-state index in [0.29, 0.717) is 16.4 Å². The fourth-order valence-corrected chi connectivity index (χ4v) is 2.09. The van der Waals surface area contributed by atoms with Crippen LogP contribution in [0.1, 0.15) is 4.88 Å². The quantitative estimate of drug-likeness (QED) is 0.761. The summed E-state index contributed by atoms with van der Waals surface area (Å²) < 4.78 is 0. The number of hydrogen-bond donors (Lipinski definition) is 2. The van der Waals surface area contributed by atoms with Gasteiger partial charge in [-0.2, -0.15) is 5.26 Å². The van der Waals surface area contributed by atoms with Crippen molar-refractivity contribution in [2.75, 3.05) is 11.5 Å². The van der Waals surface area contributed by atoms with Gasteiger partial charge < -0.3 is 11.5 Å². The molecular weight excluding hydrogens is 208 g/mol. The van der Waals surface area contributed by atoms with Crippen LogP contribution in [0.5, 0.6) is 0 Å². The Morgan fingerprint density at radius 2 is 2.07 bits per heavy atom. The summed E-state index contributed by atoms with van der Waals surface area (Å²) in [5.74, 6) is 0.319. The van der Waals surface area contributed by atoms with Crippen molar-refractivity contribution in [2.24, 2.45) is 0 Å². The van der Waals surface area contributed by atoms with E-state index in [-0.39, 0.29) is 0 Å². The summed E-state index contributed by atoms with van der Waals surface area (Å²) in [7, 11) is 0. The van der Waals surface area contributed by atoms with Crippen molar-refractivity contribution in [3.8, 4) is 16.5 Å². The van der Waals surface area contributed by atoms with Gasteiger partial charge in [-0.15, -0.1) is 11.3 Å². The van der Waals surface area contributed by atoms with E-state index in [1.54, 1.807) is 18.3 Å². The standard InChI is InChI=1S/C10H8N4S/c11-5-6-1-2-8(15-6)7-3-4-14-10(13)9(7)12/h1-4H,12H2,(H2,13,14). The van der Waals surface area contributed by atoms with Crippen LogP contribution in [-0.2, 0) is 0 Å². The molecule has 0 bridgehead atoms. The normalized spacial score (nSPS) is 9.80. The minimum atomic E-state index is 0.319. The first-order valence-electron chi connectivity index (χ1n) is 4.22. The highest BCUT2D eigenvalue weighted by Gasteiger charge is 2.08. The molecule has 2 heterocycles. The molecule has 15 heavy (non-hydrogen) atoms. The second-order valence-electron chi connectivity index (χ2n) is 2.93. The van der Waals surface area contributed by atoms with E-state index in [1.165, 1.54) is 11.3 Å². The van der Waals surface area contributed by atoms with Crippen LogP contribution in [0.15, 0.2) is 24.4 Å². The van der Waals surface area contributed by atoms with Gasteiger partial charge in [0.1, 0.15) is 16.8 Å². The third-order valence-electron chi connectivity index (χ3n) is 2.00. The molecule has 0 radical (unpaired) electrons. The molecule has 5 heteroatoms. The van der Waals surface area contributed by atoms with Crippen molar-refractivity contribution >= 4 is 22.8 Å². The Bertz CT molecular complexity index is 539. The van der Waals surface area contributed by atoms with Gasteiger partial charge in [-0.25, -0.2) is 4.98 Å². The van der Waals surface area contributed by atoms with E-state index in [0.717, 1.165) is 10.4 Å². The first-order chi connectivity index (χ1) is 7.22. The molecule has 2 aromatic rings. The van der Waals surface area contributed by atoms with Crippen molar-refractivity contribution in [3.63, 3.8) is 0 Å². The average molecular weight is 216 g/mol. The van der Waals surface area contributed by atoms with Crippen molar-refractivity contribution in [1.82, 2.24) is 4.98 Å². The molecule has 0 fully saturated rings. The topological polar surface area (TPSA) is 88.7 Å². The predicted molar refractivity (Wildman–Crippen MR) is 61.1 cm³/mol. The van der Waals surface area contributed by atoms with Crippen molar-refractivity contribution in [1.29, 1.82) is 5.26 Å². The smallest absolute Gasteiger partial charge is 0.147 e. The SMILES string of the molecule is N#Cc1ccc(-c2ccnc(N)c2N)s1. The highest BCUT2D eigenvalue weighted by molar-refractivity contribution is 7.16. The Kier molecular flexibility index (Phi) is 2.27. The van der Waals surface area contributed by atoms with Crippen LogP contribution in [0.25, 0.3) is 10.4 Å². The van der Waals surface area contributed by atoms with Gasteiger partial charge in [0.2, 0.25) is 0 Å². The maximum absolute atomic E-state index is 8.71. The summed E-state index contributed by atoms with van der Waals surface area (Å²) in [6.07, 6.45) is 1.60. The Balaban J connectivity index is 2.55. The summed E-state index contributed by atoms with van der Waals surface area (Å²) in [4.78, 5) is 5.47. The van der Waals surface area contributed by atoms with E-state index in [1.807, 2.05) is 6.07 Å². The largest absolute Gasteiger partial charge is 0.395 e. The number of rotatable bonds is 1. The Morgan fingerprint density at radius 3 is 2.73 bits per heavy atom. The Hall–Kier alpha value is -2.06. The highest BCUT2D eigenvalue weighted by Crippen LogP contribution is 2.33. The van der Waals surface area contributed by atoms with E-state index in [4.69, 9.17) is 16.7 Å². The zero-order valence-electron chi connectivity index (χ0n) is 7.77. The maximum Gasteiger partial charge on any atom is 0.147 e. The molecule has 0 aliphatic heterocycles. The Morgan fingerprint density at radius 1 is 1.27 bits per heavy atom. The number of nitrogen functional groups attached to an aromatic ring is 2. The van der Waals surface area contributed by atoms with Crippen LogP contribution in [-0.4, -0.2) is 4.98 Å². The maximum atomic E-state index is 8.71. The minimum absolute atomic E-state index is 0.319. The zero-order valence-corrected chi connectivity index (χ0v) is 8.58. The van der Waals surface area contributed by atoms with Gasteiger partial charge in [-0.05, 0) is 18.2 Å². The van der Waals surface area contributed by atoms with Gasteiger partial charge in [0.15, 0.2) is 0 Å². The lowest BCUT2D eigenvalue weighted by molar-refractivity contribution is 1.34. The number of anilines is 2. The molecule has 0 aromatic carbocycles. The first-order valence-corrected chi connectivity index (χ1v) is 5.04. The lowest BCUT2D eigenvalue weighted by Crippen LogP contribution is -1.98. The second-order valence-corrected chi connectivity index (χ2v) is 4.02. The molecule has 4 nitrogen and oxygen atoms in total. The minimum Gasteiger partial charge on any atom is -0.395 e. The van der Waals surface area contributed by atoms with Crippen molar-refractivity contribution < 1.29 is 0 Å². The monoisotopic (exact) mass is 216 g/mol. The van der Waals surface area contributed by atoms with Gasteiger partial charge in [-0.3, -0.25) is 0 Å². The second kappa shape index (κ2) is 3.59.